The third kappa shape index (κ3) is 2.91. The molecule has 1 saturated heterocycles. The monoisotopic (exact) mass is 318 g/mol. The fourth-order valence-corrected chi connectivity index (χ4v) is 3.97. The van der Waals surface area contributed by atoms with Gasteiger partial charge in [0, 0.05) is 43.8 Å². The molecule has 1 aliphatic carbocycles. The quantitative estimate of drug-likeness (QED) is 0.945. The maximum atomic E-state index is 6.21. The van der Waals surface area contributed by atoms with Crippen LogP contribution in [-0.2, 0) is 6.54 Å². The van der Waals surface area contributed by atoms with Gasteiger partial charge in [-0.1, -0.05) is 12.1 Å². The van der Waals surface area contributed by atoms with Gasteiger partial charge < -0.3 is 10.3 Å². The lowest BCUT2D eigenvalue weighted by Gasteiger charge is -2.18. The number of hydrogen-bond acceptors (Lipinski definition) is 3. The average molecular weight is 319 g/mol. The van der Waals surface area contributed by atoms with Crippen LogP contribution in [0.4, 0.5) is 0 Å². The number of aromatic nitrogens is 2. The first-order valence-corrected chi connectivity index (χ1v) is 7.85. The summed E-state index contributed by atoms with van der Waals surface area (Å²) >= 11 is 0. The zero-order chi connectivity index (χ0) is 14.2. The zero-order valence-electron chi connectivity index (χ0n) is 12.6. The Morgan fingerprint density at radius 3 is 2.64 bits per heavy atom. The molecule has 1 saturated carbocycles. The van der Waals surface area contributed by atoms with Crippen molar-refractivity contribution in [2.45, 2.75) is 25.4 Å². The Labute approximate surface area is 137 Å². The number of fused-ring (bicyclic) bond motifs is 1. The first-order chi connectivity index (χ1) is 10.3. The second kappa shape index (κ2) is 6.41. The zero-order valence-corrected chi connectivity index (χ0v) is 13.5. The van der Waals surface area contributed by atoms with Gasteiger partial charge in [-0.05, 0) is 42.4 Å². The molecule has 3 atom stereocenters. The van der Waals surface area contributed by atoms with Crippen molar-refractivity contribution in [3.63, 3.8) is 0 Å². The minimum Gasteiger partial charge on any atom is -0.327 e. The van der Waals surface area contributed by atoms with Crippen LogP contribution in [0.25, 0.3) is 5.69 Å². The Morgan fingerprint density at radius 2 is 1.95 bits per heavy atom. The maximum absolute atomic E-state index is 6.21. The number of rotatable bonds is 3. The van der Waals surface area contributed by atoms with Crippen LogP contribution >= 0.6 is 12.4 Å². The van der Waals surface area contributed by atoms with Gasteiger partial charge in [0.05, 0.1) is 6.33 Å². The summed E-state index contributed by atoms with van der Waals surface area (Å²) in [5.74, 6) is 1.57. The Balaban J connectivity index is 0.00000144. The first kappa shape index (κ1) is 15.5. The third-order valence-corrected chi connectivity index (χ3v) is 5.13. The molecule has 1 aliphatic heterocycles. The van der Waals surface area contributed by atoms with Crippen LogP contribution < -0.4 is 5.73 Å². The minimum atomic E-state index is 0. The van der Waals surface area contributed by atoms with Crippen molar-refractivity contribution in [1.29, 1.82) is 0 Å². The summed E-state index contributed by atoms with van der Waals surface area (Å²) in [7, 11) is 0. The Bertz CT molecular complexity index is 596. The first-order valence-electron chi connectivity index (χ1n) is 7.85. The van der Waals surface area contributed by atoms with Crippen LogP contribution in [0.2, 0.25) is 0 Å². The molecule has 22 heavy (non-hydrogen) atoms. The number of benzene rings is 1. The minimum absolute atomic E-state index is 0. The van der Waals surface area contributed by atoms with E-state index in [4.69, 9.17) is 5.73 Å². The van der Waals surface area contributed by atoms with E-state index in [-0.39, 0.29) is 12.4 Å². The molecular formula is C17H23ClN4. The number of halogens is 1. The smallest absolute Gasteiger partial charge is 0.0991 e. The van der Waals surface area contributed by atoms with Gasteiger partial charge in [-0.2, -0.15) is 0 Å². The largest absolute Gasteiger partial charge is 0.327 e. The van der Waals surface area contributed by atoms with Crippen molar-refractivity contribution < 1.29 is 0 Å². The highest BCUT2D eigenvalue weighted by molar-refractivity contribution is 5.85. The number of likely N-dealkylation sites (tertiary alicyclic amines) is 1. The standard InChI is InChI=1S/C17H22N4.ClH/c18-17-6-3-14-10-20(11-16(14)17)9-13-1-4-15(5-2-13)21-8-7-19-12-21;/h1-2,4-5,7-8,12,14,16-17H,3,6,9-11,18H2;1H. The molecule has 1 aromatic carbocycles. The van der Waals surface area contributed by atoms with Crippen LogP contribution in [-0.4, -0.2) is 33.6 Å². The molecule has 0 radical (unpaired) electrons. The van der Waals surface area contributed by atoms with Crippen LogP contribution in [0.15, 0.2) is 43.0 Å². The van der Waals surface area contributed by atoms with Gasteiger partial charge in [-0.3, -0.25) is 4.90 Å². The average Bonchev–Trinajstić information content (AvgIpc) is 3.20. The molecule has 2 N–H and O–H groups in total. The fraction of sp³-hybridized carbons (Fsp3) is 0.471. The molecule has 3 unspecified atom stereocenters. The van der Waals surface area contributed by atoms with Crippen LogP contribution in [0.3, 0.4) is 0 Å². The van der Waals surface area contributed by atoms with E-state index in [0.29, 0.717) is 6.04 Å². The van der Waals surface area contributed by atoms with E-state index >= 15 is 0 Å². The topological polar surface area (TPSA) is 47.1 Å². The fourth-order valence-electron chi connectivity index (χ4n) is 3.97. The van der Waals surface area contributed by atoms with Gasteiger partial charge in [0.2, 0.25) is 0 Å². The van der Waals surface area contributed by atoms with Gasteiger partial charge in [0.25, 0.3) is 0 Å². The Morgan fingerprint density at radius 1 is 1.14 bits per heavy atom. The molecule has 5 heteroatoms. The van der Waals surface area contributed by atoms with Gasteiger partial charge in [0.15, 0.2) is 0 Å². The summed E-state index contributed by atoms with van der Waals surface area (Å²) in [6, 6.07) is 9.22. The predicted molar refractivity (Wildman–Crippen MR) is 90.3 cm³/mol. The van der Waals surface area contributed by atoms with E-state index in [1.165, 1.54) is 31.5 Å². The molecule has 0 amide bonds. The van der Waals surface area contributed by atoms with Crippen molar-refractivity contribution in [3.05, 3.63) is 48.5 Å². The second-order valence-electron chi connectivity index (χ2n) is 6.50. The molecule has 0 spiro atoms. The molecule has 0 bridgehead atoms. The summed E-state index contributed by atoms with van der Waals surface area (Å²) in [6.45, 7) is 3.45. The maximum Gasteiger partial charge on any atom is 0.0991 e. The van der Waals surface area contributed by atoms with E-state index in [1.807, 2.05) is 17.1 Å². The molecule has 4 rings (SSSR count). The summed E-state index contributed by atoms with van der Waals surface area (Å²) in [5, 5.41) is 0. The summed E-state index contributed by atoms with van der Waals surface area (Å²) in [6.07, 6.45) is 8.15. The number of nitrogens with two attached hydrogens (primary N) is 1. The lowest BCUT2D eigenvalue weighted by atomic mass is 9.98. The Hall–Kier alpha value is -1.36. The highest BCUT2D eigenvalue weighted by Crippen LogP contribution is 2.37. The van der Waals surface area contributed by atoms with Crippen molar-refractivity contribution in [1.82, 2.24) is 14.5 Å². The number of nitrogens with zero attached hydrogens (tertiary/aromatic N) is 3. The van der Waals surface area contributed by atoms with Gasteiger partial charge in [0.1, 0.15) is 0 Å². The molecule has 2 fully saturated rings. The van der Waals surface area contributed by atoms with Crippen LogP contribution in [0, 0.1) is 11.8 Å². The third-order valence-electron chi connectivity index (χ3n) is 5.13. The van der Waals surface area contributed by atoms with Gasteiger partial charge >= 0.3 is 0 Å². The molecule has 1 aromatic heterocycles. The lowest BCUT2D eigenvalue weighted by Crippen LogP contribution is -2.30. The molecule has 2 aromatic rings. The lowest BCUT2D eigenvalue weighted by molar-refractivity contribution is 0.298. The molecular weight excluding hydrogens is 296 g/mol. The summed E-state index contributed by atoms with van der Waals surface area (Å²) in [4.78, 5) is 6.66. The number of hydrogen-bond donors (Lipinski definition) is 1. The van der Waals surface area contributed by atoms with E-state index in [9.17, 15) is 0 Å². The predicted octanol–water partition coefficient (Wildman–Crippen LogP) is 2.46. The molecule has 118 valence electrons. The highest BCUT2D eigenvalue weighted by Gasteiger charge is 2.40. The second-order valence-corrected chi connectivity index (χ2v) is 6.50. The summed E-state index contributed by atoms with van der Waals surface area (Å²) < 4.78 is 2.03. The van der Waals surface area contributed by atoms with Crippen molar-refractivity contribution in [2.75, 3.05) is 13.1 Å². The van der Waals surface area contributed by atoms with Crippen molar-refractivity contribution in [3.8, 4) is 5.69 Å². The van der Waals surface area contributed by atoms with Crippen molar-refractivity contribution >= 4 is 12.4 Å². The van der Waals surface area contributed by atoms with E-state index in [0.717, 1.165) is 24.1 Å². The van der Waals surface area contributed by atoms with E-state index < -0.39 is 0 Å². The Kier molecular flexibility index (Phi) is 4.52. The molecule has 4 nitrogen and oxygen atoms in total. The molecule has 2 heterocycles. The van der Waals surface area contributed by atoms with Crippen molar-refractivity contribution in [2.24, 2.45) is 17.6 Å². The summed E-state index contributed by atoms with van der Waals surface area (Å²) in [5.41, 5.74) is 8.76. The van der Waals surface area contributed by atoms with E-state index in [1.54, 1.807) is 6.20 Å². The normalized spacial score (nSPS) is 27.6. The van der Waals surface area contributed by atoms with Gasteiger partial charge in [-0.15, -0.1) is 12.4 Å². The highest BCUT2D eigenvalue weighted by atomic mass is 35.5. The van der Waals surface area contributed by atoms with Gasteiger partial charge in [-0.25, -0.2) is 4.98 Å². The number of imidazole rings is 1. The molecule has 2 aliphatic rings. The van der Waals surface area contributed by atoms with E-state index in [2.05, 4.69) is 34.1 Å². The van der Waals surface area contributed by atoms with Crippen LogP contribution in [0.1, 0.15) is 18.4 Å². The van der Waals surface area contributed by atoms with Crippen LogP contribution in [0.5, 0.6) is 0 Å². The SMILES string of the molecule is Cl.NC1CCC2CN(Cc3ccc(-n4ccnc4)cc3)CC12.